The summed E-state index contributed by atoms with van der Waals surface area (Å²) >= 11 is 5.27. The Morgan fingerprint density at radius 3 is 2.64 bits per heavy atom. The number of benzene rings is 2. The number of para-hydroxylation sites is 1. The lowest BCUT2D eigenvalue weighted by molar-refractivity contribution is -0.113. The van der Waals surface area contributed by atoms with E-state index in [0.717, 1.165) is 16.5 Å². The number of rotatable bonds is 2. The van der Waals surface area contributed by atoms with Crippen molar-refractivity contribution < 1.29 is 9.18 Å². The van der Waals surface area contributed by atoms with E-state index >= 15 is 0 Å². The van der Waals surface area contributed by atoms with Crippen LogP contribution >= 0.6 is 12.2 Å². The number of carbonyl (C=O) groups is 1. The average Bonchev–Trinajstić information content (AvgIpc) is 2.90. The second kappa shape index (κ2) is 6.07. The van der Waals surface area contributed by atoms with E-state index in [-0.39, 0.29) is 16.8 Å². The smallest absolute Gasteiger partial charge is 0.281 e. The Kier molecular flexibility index (Phi) is 3.74. The summed E-state index contributed by atoms with van der Waals surface area (Å²) in [4.78, 5) is 18.4. The van der Waals surface area contributed by atoms with E-state index < -0.39 is 0 Å². The van der Waals surface area contributed by atoms with Crippen LogP contribution < -0.4 is 10.2 Å². The molecule has 4 nitrogen and oxygen atoms in total. The summed E-state index contributed by atoms with van der Waals surface area (Å²) in [5, 5.41) is 4.14. The molecule has 0 spiro atoms. The third-order valence-corrected chi connectivity index (χ3v) is 4.23. The van der Waals surface area contributed by atoms with Gasteiger partial charge in [-0.25, -0.2) is 4.39 Å². The van der Waals surface area contributed by atoms with Gasteiger partial charge in [0, 0.05) is 11.6 Å². The van der Waals surface area contributed by atoms with Gasteiger partial charge >= 0.3 is 0 Å². The number of aromatic nitrogens is 1. The molecule has 1 aromatic heterocycles. The molecule has 0 unspecified atom stereocenters. The standard InChI is InChI=1S/C19H12FN3OS/c20-13-5-7-14(8-6-13)23-18(24)17(22-19(23)25)11-12-9-10-21-16-4-2-1-3-15(12)16/h1-11H,(H,22,25)/b17-11+. The summed E-state index contributed by atoms with van der Waals surface area (Å²) in [5.74, 6) is -0.647. The number of amides is 1. The number of hydrogen-bond acceptors (Lipinski definition) is 3. The molecule has 0 aliphatic carbocycles. The fourth-order valence-corrected chi connectivity index (χ4v) is 3.06. The highest BCUT2D eigenvalue weighted by molar-refractivity contribution is 7.80. The van der Waals surface area contributed by atoms with Crippen LogP contribution in [0, 0.1) is 5.82 Å². The van der Waals surface area contributed by atoms with Crippen molar-refractivity contribution in [3.63, 3.8) is 0 Å². The molecule has 2 heterocycles. The zero-order valence-electron chi connectivity index (χ0n) is 12.9. The van der Waals surface area contributed by atoms with Gasteiger partial charge in [0.15, 0.2) is 5.11 Å². The van der Waals surface area contributed by atoms with Crippen molar-refractivity contribution >= 4 is 45.9 Å². The first kappa shape index (κ1) is 15.4. The van der Waals surface area contributed by atoms with Crippen molar-refractivity contribution in [2.24, 2.45) is 0 Å². The summed E-state index contributed by atoms with van der Waals surface area (Å²) in [6.07, 6.45) is 3.45. The predicted molar refractivity (Wildman–Crippen MR) is 99.3 cm³/mol. The Labute approximate surface area is 148 Å². The lowest BCUT2D eigenvalue weighted by Gasteiger charge is -2.13. The second-order valence-electron chi connectivity index (χ2n) is 5.52. The van der Waals surface area contributed by atoms with Gasteiger partial charge in [0.1, 0.15) is 11.5 Å². The third-order valence-electron chi connectivity index (χ3n) is 3.95. The van der Waals surface area contributed by atoms with Gasteiger partial charge in [-0.2, -0.15) is 0 Å². The molecule has 1 saturated heterocycles. The van der Waals surface area contributed by atoms with Crippen LogP contribution in [0.1, 0.15) is 5.56 Å². The largest absolute Gasteiger partial charge is 0.327 e. The molecule has 1 fully saturated rings. The molecule has 3 aromatic rings. The molecule has 122 valence electrons. The van der Waals surface area contributed by atoms with Crippen LogP contribution in [0.25, 0.3) is 17.0 Å². The van der Waals surface area contributed by atoms with Crippen molar-refractivity contribution in [3.8, 4) is 0 Å². The maximum atomic E-state index is 13.1. The van der Waals surface area contributed by atoms with Gasteiger partial charge in [0.05, 0.1) is 11.2 Å². The quantitative estimate of drug-likeness (QED) is 0.567. The number of thiocarbonyl (C=S) groups is 1. The molecule has 6 heteroatoms. The molecule has 1 N–H and O–H groups in total. The normalized spacial score (nSPS) is 15.9. The van der Waals surface area contributed by atoms with E-state index in [1.165, 1.54) is 29.2 Å². The minimum absolute atomic E-state index is 0.265. The van der Waals surface area contributed by atoms with E-state index in [9.17, 15) is 9.18 Å². The van der Waals surface area contributed by atoms with Gasteiger partial charge in [-0.3, -0.25) is 14.7 Å². The minimum atomic E-state index is -0.367. The number of pyridine rings is 1. The Hall–Kier alpha value is -3.12. The van der Waals surface area contributed by atoms with Crippen molar-refractivity contribution in [1.29, 1.82) is 0 Å². The number of fused-ring (bicyclic) bond motifs is 1. The van der Waals surface area contributed by atoms with Gasteiger partial charge in [-0.1, -0.05) is 18.2 Å². The van der Waals surface area contributed by atoms with E-state index in [0.29, 0.717) is 11.4 Å². The van der Waals surface area contributed by atoms with E-state index in [1.807, 2.05) is 30.3 Å². The minimum Gasteiger partial charge on any atom is -0.327 e. The van der Waals surface area contributed by atoms with Gasteiger partial charge < -0.3 is 5.32 Å². The van der Waals surface area contributed by atoms with Crippen LogP contribution in [0.3, 0.4) is 0 Å². The molecule has 1 aliphatic rings. The highest BCUT2D eigenvalue weighted by Gasteiger charge is 2.32. The monoisotopic (exact) mass is 349 g/mol. The maximum absolute atomic E-state index is 13.1. The van der Waals surface area contributed by atoms with Crippen molar-refractivity contribution in [2.75, 3.05) is 4.90 Å². The lowest BCUT2D eigenvalue weighted by Crippen LogP contribution is -2.30. The molecule has 1 amide bonds. The molecule has 25 heavy (non-hydrogen) atoms. The van der Waals surface area contributed by atoms with Crippen molar-refractivity contribution in [3.05, 3.63) is 77.9 Å². The zero-order chi connectivity index (χ0) is 17.4. The number of halogens is 1. The fourth-order valence-electron chi connectivity index (χ4n) is 2.76. The van der Waals surface area contributed by atoms with Crippen LogP contribution in [0.2, 0.25) is 0 Å². The summed E-state index contributed by atoms with van der Waals surface area (Å²) in [7, 11) is 0. The Morgan fingerprint density at radius 1 is 1.08 bits per heavy atom. The van der Waals surface area contributed by atoms with Gasteiger partial charge in [0.25, 0.3) is 5.91 Å². The number of carbonyl (C=O) groups excluding carboxylic acids is 1. The van der Waals surface area contributed by atoms with Crippen LogP contribution in [-0.4, -0.2) is 16.0 Å². The highest BCUT2D eigenvalue weighted by Crippen LogP contribution is 2.24. The molecular weight excluding hydrogens is 337 g/mol. The Bertz CT molecular complexity index is 1030. The van der Waals surface area contributed by atoms with E-state index in [2.05, 4.69) is 10.3 Å². The summed E-state index contributed by atoms with van der Waals surface area (Å²) in [6, 6.07) is 15.2. The summed E-state index contributed by atoms with van der Waals surface area (Å²) in [5.41, 5.74) is 2.60. The van der Waals surface area contributed by atoms with Crippen LogP contribution in [0.5, 0.6) is 0 Å². The topological polar surface area (TPSA) is 45.2 Å². The molecule has 0 saturated carbocycles. The Balaban J connectivity index is 1.74. The van der Waals surface area contributed by atoms with Crippen molar-refractivity contribution in [1.82, 2.24) is 10.3 Å². The molecule has 0 radical (unpaired) electrons. The van der Waals surface area contributed by atoms with Crippen molar-refractivity contribution in [2.45, 2.75) is 0 Å². The third kappa shape index (κ3) is 2.77. The Morgan fingerprint density at radius 2 is 1.84 bits per heavy atom. The molecule has 0 bridgehead atoms. The van der Waals surface area contributed by atoms with Gasteiger partial charge in [-0.15, -0.1) is 0 Å². The molecule has 4 rings (SSSR count). The number of anilines is 1. The SMILES string of the molecule is O=C1/C(=C\c2ccnc3ccccc23)NC(=S)N1c1ccc(F)cc1. The number of nitrogens with zero attached hydrogens (tertiary/aromatic N) is 2. The van der Waals surface area contributed by atoms with E-state index in [1.54, 1.807) is 12.3 Å². The molecular formula is C19H12FN3OS. The fraction of sp³-hybridized carbons (Fsp3) is 0. The van der Waals surface area contributed by atoms with Gasteiger partial charge in [0.2, 0.25) is 0 Å². The number of hydrogen-bond donors (Lipinski definition) is 1. The first-order chi connectivity index (χ1) is 12.1. The molecule has 1 aliphatic heterocycles. The predicted octanol–water partition coefficient (Wildman–Crippen LogP) is 3.64. The lowest BCUT2D eigenvalue weighted by atomic mass is 10.1. The summed E-state index contributed by atoms with van der Waals surface area (Å²) < 4.78 is 13.1. The first-order valence-corrected chi connectivity index (χ1v) is 8.01. The first-order valence-electron chi connectivity index (χ1n) is 7.60. The molecule has 2 aromatic carbocycles. The second-order valence-corrected chi connectivity index (χ2v) is 5.91. The zero-order valence-corrected chi connectivity index (χ0v) is 13.8. The highest BCUT2D eigenvalue weighted by atomic mass is 32.1. The van der Waals surface area contributed by atoms with Crippen LogP contribution in [0.15, 0.2) is 66.5 Å². The maximum Gasteiger partial charge on any atom is 0.281 e. The molecule has 0 atom stereocenters. The average molecular weight is 349 g/mol. The van der Waals surface area contributed by atoms with Gasteiger partial charge in [-0.05, 0) is 60.3 Å². The van der Waals surface area contributed by atoms with Crippen LogP contribution in [-0.2, 0) is 4.79 Å². The number of nitrogens with one attached hydrogen (secondary N) is 1. The summed E-state index contributed by atoms with van der Waals surface area (Å²) in [6.45, 7) is 0. The van der Waals surface area contributed by atoms with E-state index in [4.69, 9.17) is 12.2 Å². The van der Waals surface area contributed by atoms with Crippen LogP contribution in [0.4, 0.5) is 10.1 Å².